The monoisotopic (exact) mass is 704 g/mol. The normalized spacial score (nSPS) is 12.3. The molecule has 0 aliphatic heterocycles. The predicted octanol–water partition coefficient (Wildman–Crippen LogP) is 15.7. The van der Waals surface area contributed by atoms with Crippen LogP contribution in [-0.2, 0) is 0 Å². The molecule has 0 bridgehead atoms. The second kappa shape index (κ2) is 11.1. The summed E-state index contributed by atoms with van der Waals surface area (Å²) >= 11 is 0. The number of benzene rings is 11. The number of rotatable bonds is 3. The molecule has 0 unspecified atom stereocenters. The standard InChI is InChI=1S/C56H32/c1-3-14-34(15-4-1)52-43-29-28-37(31-47(43)53(35-16-5-2-6-17-35)56-45-27-12-20-33-19-11-26-44(50(33)45)55(52)56)51-38-21-8-7-18-36(38)30-46-42-25-13-24-41-39-22-9-10-23-40(39)48(54(41)42)32-49(46)51/h1-32H. The number of fused-ring (bicyclic) bond motifs is 10. The molecule has 56 heavy (non-hydrogen) atoms. The van der Waals surface area contributed by atoms with E-state index in [1.54, 1.807) is 0 Å². The summed E-state index contributed by atoms with van der Waals surface area (Å²) in [6, 6.07) is 72.8. The lowest BCUT2D eigenvalue weighted by atomic mass is 9.81. The summed E-state index contributed by atoms with van der Waals surface area (Å²) in [7, 11) is 0. The zero-order valence-electron chi connectivity index (χ0n) is 30.5. The minimum absolute atomic E-state index is 1.23. The van der Waals surface area contributed by atoms with E-state index in [9.17, 15) is 0 Å². The fraction of sp³-hybridized carbons (Fsp3) is 0. The average Bonchev–Trinajstić information content (AvgIpc) is 3.77. The zero-order chi connectivity index (χ0) is 36.5. The van der Waals surface area contributed by atoms with Crippen LogP contribution in [0.3, 0.4) is 0 Å². The van der Waals surface area contributed by atoms with Crippen LogP contribution >= 0.6 is 0 Å². The van der Waals surface area contributed by atoms with E-state index in [4.69, 9.17) is 0 Å². The average molecular weight is 705 g/mol. The van der Waals surface area contributed by atoms with Gasteiger partial charge in [0.05, 0.1) is 0 Å². The SMILES string of the molecule is c1ccc(-c2c3c(c(-c4ccccc4)c4cc(-c5c6ccccc6cc6c5cc5c7c(cccc76)-c6ccccc6-5)ccc24)-c2cccc4cccc-3c24)cc1. The van der Waals surface area contributed by atoms with Gasteiger partial charge < -0.3 is 0 Å². The molecule has 11 aromatic rings. The third-order valence-corrected chi connectivity index (χ3v) is 12.7. The van der Waals surface area contributed by atoms with Gasteiger partial charge in [-0.1, -0.05) is 176 Å². The van der Waals surface area contributed by atoms with E-state index in [1.165, 1.54) is 132 Å². The molecule has 13 rings (SSSR count). The van der Waals surface area contributed by atoms with Gasteiger partial charge in [0.2, 0.25) is 0 Å². The van der Waals surface area contributed by atoms with Crippen molar-refractivity contribution in [1.29, 1.82) is 0 Å². The summed E-state index contributed by atoms with van der Waals surface area (Å²) < 4.78 is 0. The van der Waals surface area contributed by atoms with E-state index in [-0.39, 0.29) is 0 Å². The highest BCUT2D eigenvalue weighted by molar-refractivity contribution is 6.30. The lowest BCUT2D eigenvalue weighted by Gasteiger charge is -2.22. The van der Waals surface area contributed by atoms with Gasteiger partial charge in [0.1, 0.15) is 0 Å². The van der Waals surface area contributed by atoms with E-state index in [0.717, 1.165) is 0 Å². The van der Waals surface area contributed by atoms with Gasteiger partial charge in [-0.15, -0.1) is 0 Å². The van der Waals surface area contributed by atoms with Gasteiger partial charge in [0, 0.05) is 0 Å². The van der Waals surface area contributed by atoms with Crippen LogP contribution in [0.4, 0.5) is 0 Å². The Kier molecular flexibility index (Phi) is 5.98. The molecule has 256 valence electrons. The Morgan fingerprint density at radius 2 is 0.732 bits per heavy atom. The minimum atomic E-state index is 1.23. The molecule has 0 aromatic heterocycles. The van der Waals surface area contributed by atoms with Crippen molar-refractivity contribution < 1.29 is 0 Å². The first-order valence-electron chi connectivity index (χ1n) is 19.6. The molecule has 0 N–H and O–H groups in total. The molecule has 11 aromatic carbocycles. The van der Waals surface area contributed by atoms with Gasteiger partial charge in [0.15, 0.2) is 0 Å². The first-order chi connectivity index (χ1) is 27.8. The Labute approximate surface area is 324 Å². The molecule has 0 atom stereocenters. The van der Waals surface area contributed by atoms with Gasteiger partial charge in [-0.2, -0.15) is 0 Å². The maximum atomic E-state index is 2.52. The quantitative estimate of drug-likeness (QED) is 0.127. The molecule has 0 saturated carbocycles. The molecule has 0 radical (unpaired) electrons. The molecule has 0 saturated heterocycles. The molecule has 0 fully saturated rings. The largest absolute Gasteiger partial charge is 0.0622 e. The van der Waals surface area contributed by atoms with Crippen molar-refractivity contribution in [3.63, 3.8) is 0 Å². The fourth-order valence-corrected chi connectivity index (χ4v) is 10.5. The fourth-order valence-electron chi connectivity index (χ4n) is 10.5. The Morgan fingerprint density at radius 3 is 1.46 bits per heavy atom. The van der Waals surface area contributed by atoms with Gasteiger partial charge in [-0.3, -0.25) is 0 Å². The number of hydrogen-bond donors (Lipinski definition) is 0. The molecule has 0 spiro atoms. The van der Waals surface area contributed by atoms with Crippen molar-refractivity contribution in [3.05, 3.63) is 194 Å². The maximum absolute atomic E-state index is 2.52. The van der Waals surface area contributed by atoms with Crippen LogP contribution in [0.15, 0.2) is 194 Å². The molecule has 0 heteroatoms. The van der Waals surface area contributed by atoms with Crippen LogP contribution in [0.1, 0.15) is 0 Å². The summed E-state index contributed by atoms with van der Waals surface area (Å²) in [6.07, 6.45) is 0. The highest BCUT2D eigenvalue weighted by atomic mass is 14.3. The molecule has 0 heterocycles. The summed E-state index contributed by atoms with van der Waals surface area (Å²) in [5.41, 5.74) is 18.2. The summed E-state index contributed by atoms with van der Waals surface area (Å²) in [4.78, 5) is 0. The zero-order valence-corrected chi connectivity index (χ0v) is 30.5. The topological polar surface area (TPSA) is 0 Å². The Hall–Kier alpha value is -7.28. The predicted molar refractivity (Wildman–Crippen MR) is 239 cm³/mol. The molecular formula is C56H32. The Bertz CT molecular complexity index is 3490. The molecule has 0 amide bonds. The van der Waals surface area contributed by atoms with Crippen LogP contribution in [0.25, 0.3) is 132 Å². The van der Waals surface area contributed by atoms with Gasteiger partial charge in [0.25, 0.3) is 0 Å². The molecule has 0 nitrogen and oxygen atoms in total. The molecule has 2 aliphatic rings. The van der Waals surface area contributed by atoms with Crippen molar-refractivity contribution >= 4 is 53.9 Å². The molecular weight excluding hydrogens is 673 g/mol. The first kappa shape index (κ1) is 30.1. The van der Waals surface area contributed by atoms with Crippen molar-refractivity contribution in [2.24, 2.45) is 0 Å². The third-order valence-electron chi connectivity index (χ3n) is 12.7. The van der Waals surface area contributed by atoms with Crippen LogP contribution in [0, 0.1) is 0 Å². The Balaban J connectivity index is 1.21. The van der Waals surface area contributed by atoms with E-state index in [0.29, 0.717) is 0 Å². The second-order valence-corrected chi connectivity index (χ2v) is 15.5. The lowest BCUT2D eigenvalue weighted by molar-refractivity contribution is 1.62. The van der Waals surface area contributed by atoms with Crippen molar-refractivity contribution in [2.75, 3.05) is 0 Å². The highest BCUT2D eigenvalue weighted by Gasteiger charge is 2.31. The Morgan fingerprint density at radius 1 is 0.196 bits per heavy atom. The van der Waals surface area contributed by atoms with E-state index < -0.39 is 0 Å². The minimum Gasteiger partial charge on any atom is -0.0622 e. The maximum Gasteiger partial charge on any atom is -0.000741 e. The van der Waals surface area contributed by atoms with Crippen molar-refractivity contribution in [3.8, 4) is 77.9 Å². The summed E-state index contributed by atoms with van der Waals surface area (Å²) in [6.45, 7) is 0. The van der Waals surface area contributed by atoms with E-state index >= 15 is 0 Å². The lowest BCUT2D eigenvalue weighted by Crippen LogP contribution is -1.95. The van der Waals surface area contributed by atoms with Crippen LogP contribution in [0.5, 0.6) is 0 Å². The van der Waals surface area contributed by atoms with Gasteiger partial charge in [-0.05, 0) is 150 Å². The summed E-state index contributed by atoms with van der Waals surface area (Å²) in [5, 5.41) is 13.0. The van der Waals surface area contributed by atoms with Gasteiger partial charge >= 0.3 is 0 Å². The van der Waals surface area contributed by atoms with Crippen molar-refractivity contribution in [2.45, 2.75) is 0 Å². The summed E-state index contributed by atoms with van der Waals surface area (Å²) in [5.74, 6) is 0. The van der Waals surface area contributed by atoms with E-state index in [1.807, 2.05) is 0 Å². The smallest absolute Gasteiger partial charge is 0.000741 e. The first-order valence-corrected chi connectivity index (χ1v) is 19.6. The van der Waals surface area contributed by atoms with E-state index in [2.05, 4.69) is 194 Å². The highest BCUT2D eigenvalue weighted by Crippen LogP contribution is 2.58. The third kappa shape index (κ3) is 3.93. The van der Waals surface area contributed by atoms with Crippen molar-refractivity contribution in [1.82, 2.24) is 0 Å². The molecule has 2 aliphatic carbocycles. The van der Waals surface area contributed by atoms with Gasteiger partial charge in [-0.25, -0.2) is 0 Å². The van der Waals surface area contributed by atoms with Crippen LogP contribution in [0.2, 0.25) is 0 Å². The second-order valence-electron chi connectivity index (χ2n) is 15.5. The van der Waals surface area contributed by atoms with Crippen LogP contribution < -0.4 is 0 Å². The van der Waals surface area contributed by atoms with Crippen LogP contribution in [-0.4, -0.2) is 0 Å². The number of hydrogen-bond acceptors (Lipinski definition) is 0.